The number of rotatable bonds is 2. The highest BCUT2D eigenvalue weighted by Gasteiger charge is 2.18. The molecule has 0 N–H and O–H groups in total. The zero-order chi connectivity index (χ0) is 14.2. The molecule has 19 heavy (non-hydrogen) atoms. The van der Waals surface area contributed by atoms with Crippen LogP contribution in [0.1, 0.15) is 32.6 Å². The molecule has 0 aromatic heterocycles. The Kier molecular flexibility index (Phi) is 4.91. The molecule has 2 aromatic carbocycles. The average molecular weight is 447 g/mol. The van der Waals surface area contributed by atoms with E-state index in [4.69, 9.17) is 0 Å². The standard InChI is InChI=1S/C16H15Br3/c1-9-6-10(2)15(11(3)7-9)16(19)13-5-4-12(17)8-14(13)18/h4-8,16H,1-3H3. The van der Waals surface area contributed by atoms with E-state index in [1.165, 1.54) is 27.8 Å². The molecule has 0 fully saturated rings. The molecule has 0 amide bonds. The van der Waals surface area contributed by atoms with Gasteiger partial charge in [0, 0.05) is 8.95 Å². The number of halogens is 3. The van der Waals surface area contributed by atoms with Crippen molar-refractivity contribution in [1.29, 1.82) is 0 Å². The molecule has 3 heteroatoms. The first-order valence-electron chi connectivity index (χ1n) is 6.07. The first-order chi connectivity index (χ1) is 8.90. The highest BCUT2D eigenvalue weighted by Crippen LogP contribution is 2.39. The number of hydrogen-bond donors (Lipinski definition) is 0. The van der Waals surface area contributed by atoms with Crippen LogP contribution in [0.5, 0.6) is 0 Å². The molecule has 1 unspecified atom stereocenters. The summed E-state index contributed by atoms with van der Waals surface area (Å²) >= 11 is 11.0. The van der Waals surface area contributed by atoms with Crippen molar-refractivity contribution in [3.05, 3.63) is 67.1 Å². The van der Waals surface area contributed by atoms with Crippen molar-refractivity contribution >= 4 is 47.8 Å². The van der Waals surface area contributed by atoms with Gasteiger partial charge in [-0.1, -0.05) is 71.6 Å². The molecule has 2 aromatic rings. The molecular weight excluding hydrogens is 432 g/mol. The van der Waals surface area contributed by atoms with Crippen molar-refractivity contribution in [2.45, 2.75) is 25.6 Å². The van der Waals surface area contributed by atoms with Gasteiger partial charge in [-0.25, -0.2) is 0 Å². The molecule has 0 aliphatic rings. The third-order valence-electron chi connectivity index (χ3n) is 3.23. The molecule has 0 spiro atoms. The molecule has 1 atom stereocenters. The topological polar surface area (TPSA) is 0 Å². The Morgan fingerprint density at radius 3 is 2.00 bits per heavy atom. The summed E-state index contributed by atoms with van der Waals surface area (Å²) in [6.07, 6.45) is 0. The molecule has 0 bridgehead atoms. The zero-order valence-corrected chi connectivity index (χ0v) is 15.9. The molecule has 0 heterocycles. The van der Waals surface area contributed by atoms with Crippen molar-refractivity contribution in [3.63, 3.8) is 0 Å². The second-order valence-electron chi connectivity index (χ2n) is 4.84. The molecule has 0 saturated heterocycles. The number of aryl methyl sites for hydroxylation is 3. The predicted octanol–water partition coefficient (Wildman–Crippen LogP) is 6.62. The lowest BCUT2D eigenvalue weighted by molar-refractivity contribution is 1.09. The van der Waals surface area contributed by atoms with Crippen molar-refractivity contribution in [1.82, 2.24) is 0 Å². The maximum atomic E-state index is 3.85. The molecule has 0 radical (unpaired) electrons. The largest absolute Gasteiger partial charge is 0.0786 e. The van der Waals surface area contributed by atoms with Gasteiger partial charge in [-0.15, -0.1) is 0 Å². The van der Waals surface area contributed by atoms with Crippen molar-refractivity contribution in [2.24, 2.45) is 0 Å². The summed E-state index contributed by atoms with van der Waals surface area (Å²) in [5, 5.41) is 0. The SMILES string of the molecule is Cc1cc(C)c(C(Br)c2ccc(Br)cc2Br)c(C)c1. The summed E-state index contributed by atoms with van der Waals surface area (Å²) in [5.74, 6) is 0. The fraction of sp³-hybridized carbons (Fsp3) is 0.250. The van der Waals surface area contributed by atoms with E-state index in [0.717, 1.165) is 8.95 Å². The van der Waals surface area contributed by atoms with Gasteiger partial charge in [0.2, 0.25) is 0 Å². The number of alkyl halides is 1. The van der Waals surface area contributed by atoms with Crippen LogP contribution in [0.25, 0.3) is 0 Å². The van der Waals surface area contributed by atoms with Crippen LogP contribution in [0.15, 0.2) is 39.3 Å². The van der Waals surface area contributed by atoms with Crippen LogP contribution in [0, 0.1) is 20.8 Å². The van der Waals surface area contributed by atoms with E-state index in [9.17, 15) is 0 Å². The van der Waals surface area contributed by atoms with Crippen molar-refractivity contribution < 1.29 is 0 Å². The minimum Gasteiger partial charge on any atom is -0.0786 e. The molecular formula is C16H15Br3. The molecule has 0 aliphatic heterocycles. The second-order valence-corrected chi connectivity index (χ2v) is 7.53. The van der Waals surface area contributed by atoms with Crippen LogP contribution in [0.2, 0.25) is 0 Å². The highest BCUT2D eigenvalue weighted by atomic mass is 79.9. The maximum absolute atomic E-state index is 3.85. The van der Waals surface area contributed by atoms with E-state index in [1.807, 2.05) is 0 Å². The summed E-state index contributed by atoms with van der Waals surface area (Å²) in [7, 11) is 0. The van der Waals surface area contributed by atoms with Gasteiger partial charge in [0.15, 0.2) is 0 Å². The number of hydrogen-bond acceptors (Lipinski definition) is 0. The van der Waals surface area contributed by atoms with Gasteiger partial charge in [-0.3, -0.25) is 0 Å². The Labute approximate surface area is 140 Å². The number of benzene rings is 2. The average Bonchev–Trinajstić information content (AvgIpc) is 2.26. The first-order valence-corrected chi connectivity index (χ1v) is 8.57. The van der Waals surface area contributed by atoms with Crippen LogP contribution < -0.4 is 0 Å². The summed E-state index contributed by atoms with van der Waals surface area (Å²) < 4.78 is 2.20. The third kappa shape index (κ3) is 3.32. The van der Waals surface area contributed by atoms with Gasteiger partial charge < -0.3 is 0 Å². The first kappa shape index (κ1) is 15.3. The quantitative estimate of drug-likeness (QED) is 0.454. The monoisotopic (exact) mass is 444 g/mol. The van der Waals surface area contributed by atoms with Crippen molar-refractivity contribution in [3.8, 4) is 0 Å². The van der Waals surface area contributed by atoms with E-state index in [2.05, 4.69) is 98.9 Å². The lowest BCUT2D eigenvalue weighted by Gasteiger charge is -2.19. The normalized spacial score (nSPS) is 12.5. The van der Waals surface area contributed by atoms with Crippen LogP contribution in [0.4, 0.5) is 0 Å². The smallest absolute Gasteiger partial charge is 0.0660 e. The molecule has 2 rings (SSSR count). The van der Waals surface area contributed by atoms with Crippen LogP contribution in [-0.4, -0.2) is 0 Å². The van der Waals surface area contributed by atoms with E-state index in [1.54, 1.807) is 0 Å². The Morgan fingerprint density at radius 1 is 0.895 bits per heavy atom. The Hall–Kier alpha value is -0.120. The third-order valence-corrected chi connectivity index (χ3v) is 5.36. The lowest BCUT2D eigenvalue weighted by Crippen LogP contribution is -2.01. The summed E-state index contributed by atoms with van der Waals surface area (Å²) in [4.78, 5) is 0.204. The van der Waals surface area contributed by atoms with Gasteiger partial charge in [-0.2, -0.15) is 0 Å². The van der Waals surface area contributed by atoms with Gasteiger partial charge in [0.1, 0.15) is 0 Å². The zero-order valence-electron chi connectivity index (χ0n) is 11.1. The lowest BCUT2D eigenvalue weighted by atomic mass is 9.94. The van der Waals surface area contributed by atoms with E-state index < -0.39 is 0 Å². The molecule has 0 aliphatic carbocycles. The van der Waals surface area contributed by atoms with Gasteiger partial charge in [-0.05, 0) is 55.2 Å². The van der Waals surface area contributed by atoms with E-state index in [0.29, 0.717) is 0 Å². The molecule has 100 valence electrons. The van der Waals surface area contributed by atoms with Gasteiger partial charge in [0.25, 0.3) is 0 Å². The minimum absolute atomic E-state index is 0.204. The Bertz CT molecular complexity index is 594. The maximum Gasteiger partial charge on any atom is 0.0660 e. The van der Waals surface area contributed by atoms with Crippen LogP contribution >= 0.6 is 47.8 Å². The minimum atomic E-state index is 0.204. The van der Waals surface area contributed by atoms with Gasteiger partial charge >= 0.3 is 0 Å². The Morgan fingerprint density at radius 2 is 1.47 bits per heavy atom. The Balaban J connectivity index is 2.53. The molecule has 0 saturated carbocycles. The summed E-state index contributed by atoms with van der Waals surface area (Å²) in [6, 6.07) is 10.8. The predicted molar refractivity (Wildman–Crippen MR) is 93.3 cm³/mol. The second kappa shape index (κ2) is 6.11. The summed E-state index contributed by atoms with van der Waals surface area (Å²) in [5.41, 5.74) is 6.57. The van der Waals surface area contributed by atoms with Crippen LogP contribution in [0.3, 0.4) is 0 Å². The van der Waals surface area contributed by atoms with E-state index >= 15 is 0 Å². The van der Waals surface area contributed by atoms with Crippen molar-refractivity contribution in [2.75, 3.05) is 0 Å². The van der Waals surface area contributed by atoms with Crippen LogP contribution in [-0.2, 0) is 0 Å². The van der Waals surface area contributed by atoms with E-state index in [-0.39, 0.29) is 4.83 Å². The van der Waals surface area contributed by atoms with Gasteiger partial charge in [0.05, 0.1) is 4.83 Å². The fourth-order valence-corrected chi connectivity index (χ4v) is 5.16. The summed E-state index contributed by atoms with van der Waals surface area (Å²) in [6.45, 7) is 6.50. The highest BCUT2D eigenvalue weighted by molar-refractivity contribution is 9.11. The molecule has 0 nitrogen and oxygen atoms in total. The fourth-order valence-electron chi connectivity index (χ4n) is 2.45.